The molecule has 3 aromatic rings. The molecule has 1 aromatic carbocycles. The number of aryl methyl sites for hydroxylation is 1. The Morgan fingerprint density at radius 1 is 1.30 bits per heavy atom. The monoisotopic (exact) mass is 534 g/mol. The molecule has 1 aliphatic carbocycles. The number of aliphatic hydroxyl groups excluding tert-OH is 1. The summed E-state index contributed by atoms with van der Waals surface area (Å²) in [4.78, 5) is 23.2. The largest absolute Gasteiger partial charge is 0.490 e. The maximum atomic E-state index is 13.4. The number of halogens is 4. The second kappa shape index (κ2) is 9.52. The van der Waals surface area contributed by atoms with E-state index in [2.05, 4.69) is 21.8 Å². The number of benzene rings is 1. The molecule has 37 heavy (non-hydrogen) atoms. The molecule has 0 amide bonds. The van der Waals surface area contributed by atoms with Crippen molar-refractivity contribution < 1.29 is 27.8 Å². The number of aliphatic hydroxyl groups is 1. The summed E-state index contributed by atoms with van der Waals surface area (Å²) in [7, 11) is 1.56. The summed E-state index contributed by atoms with van der Waals surface area (Å²) in [5, 5.41) is 9.87. The number of hydrogen-bond donors (Lipinski definition) is 1. The molecular weight excluding hydrogens is 513 g/mol. The van der Waals surface area contributed by atoms with Gasteiger partial charge in [-0.1, -0.05) is 23.4 Å². The lowest BCUT2D eigenvalue weighted by Gasteiger charge is -2.24. The Balaban J connectivity index is 1.64. The van der Waals surface area contributed by atoms with E-state index in [1.54, 1.807) is 30.1 Å². The number of nitrogens with zero attached hydrogens (tertiary/aromatic N) is 4. The third-order valence-corrected chi connectivity index (χ3v) is 6.76. The molecule has 2 aliphatic rings. The van der Waals surface area contributed by atoms with Gasteiger partial charge in [-0.05, 0) is 25.0 Å². The van der Waals surface area contributed by atoms with Gasteiger partial charge in [0.1, 0.15) is 29.4 Å². The van der Waals surface area contributed by atoms with E-state index < -0.39 is 17.3 Å². The summed E-state index contributed by atoms with van der Waals surface area (Å²) >= 11 is 6.44. The Morgan fingerprint density at radius 2 is 2.08 bits per heavy atom. The number of rotatable bonds is 4. The third-order valence-electron chi connectivity index (χ3n) is 6.47. The first-order valence-electron chi connectivity index (χ1n) is 11.5. The van der Waals surface area contributed by atoms with Crippen LogP contribution in [0, 0.1) is 17.3 Å². The maximum Gasteiger partial charge on any atom is 0.405 e. The van der Waals surface area contributed by atoms with E-state index in [-0.39, 0.29) is 56.7 Å². The van der Waals surface area contributed by atoms with Gasteiger partial charge in [-0.2, -0.15) is 18.2 Å². The van der Waals surface area contributed by atoms with Crippen LogP contribution in [0.5, 0.6) is 5.75 Å². The van der Waals surface area contributed by atoms with Crippen LogP contribution in [0.2, 0.25) is 5.02 Å². The summed E-state index contributed by atoms with van der Waals surface area (Å²) in [5.41, 5.74) is -1.14. The van der Waals surface area contributed by atoms with Gasteiger partial charge in [-0.15, -0.1) is 0 Å². The van der Waals surface area contributed by atoms with Crippen LogP contribution in [-0.2, 0) is 18.4 Å². The standard InChI is InChI=1S/C25H22ClF3N4O4/c1-32-19-13-20(37-11-9-34)18(26)12-16(19)22(31-23(32)35)33-8-10-36-14-17-15(3-7-30-21(17)33)2-4-24(5-6-24)25(27,28)29/h3,7,12-13,34H,5-6,8-11,14H2,1H3. The van der Waals surface area contributed by atoms with Crippen LogP contribution in [0.25, 0.3) is 10.9 Å². The molecule has 0 saturated heterocycles. The van der Waals surface area contributed by atoms with E-state index >= 15 is 0 Å². The molecule has 0 unspecified atom stereocenters. The van der Waals surface area contributed by atoms with Crippen molar-refractivity contribution >= 4 is 34.1 Å². The van der Waals surface area contributed by atoms with Crippen molar-refractivity contribution in [1.29, 1.82) is 0 Å². The molecule has 0 spiro atoms. The predicted molar refractivity (Wildman–Crippen MR) is 130 cm³/mol. The zero-order valence-electron chi connectivity index (χ0n) is 19.7. The van der Waals surface area contributed by atoms with Crippen LogP contribution in [0.1, 0.15) is 24.0 Å². The molecule has 3 heterocycles. The van der Waals surface area contributed by atoms with Crippen molar-refractivity contribution in [1.82, 2.24) is 14.5 Å². The Kier molecular flexibility index (Phi) is 6.52. The van der Waals surface area contributed by atoms with Crippen molar-refractivity contribution in [3.05, 3.63) is 51.0 Å². The first kappa shape index (κ1) is 25.3. The second-order valence-corrected chi connectivity index (χ2v) is 9.25. The van der Waals surface area contributed by atoms with Gasteiger partial charge < -0.3 is 19.5 Å². The van der Waals surface area contributed by atoms with Crippen LogP contribution in [0.15, 0.2) is 29.2 Å². The fourth-order valence-electron chi connectivity index (χ4n) is 4.21. The Hall–Kier alpha value is -3.33. The van der Waals surface area contributed by atoms with Gasteiger partial charge in [0.05, 0.1) is 30.4 Å². The molecule has 5 rings (SSSR count). The summed E-state index contributed by atoms with van der Waals surface area (Å²) in [6, 6.07) is 4.76. The van der Waals surface area contributed by atoms with Crippen molar-refractivity contribution in [3.63, 3.8) is 0 Å². The fraction of sp³-hybridized carbons (Fsp3) is 0.400. The second-order valence-electron chi connectivity index (χ2n) is 8.84. The van der Waals surface area contributed by atoms with E-state index in [0.717, 1.165) is 0 Å². The SMILES string of the molecule is Cn1c(=O)nc(N2CCOCc3c(C#CC4(C(F)(F)F)CC4)ccnc32)c2cc(Cl)c(OCCO)cc21. The Morgan fingerprint density at radius 3 is 2.78 bits per heavy atom. The van der Waals surface area contributed by atoms with Crippen molar-refractivity contribution in [2.24, 2.45) is 12.5 Å². The van der Waals surface area contributed by atoms with Crippen LogP contribution in [-0.4, -0.2) is 52.2 Å². The van der Waals surface area contributed by atoms with E-state index in [0.29, 0.717) is 33.6 Å². The van der Waals surface area contributed by atoms with Gasteiger partial charge in [-0.25, -0.2) is 9.78 Å². The molecule has 1 aliphatic heterocycles. The number of pyridine rings is 1. The molecule has 12 heteroatoms. The van der Waals surface area contributed by atoms with Crippen molar-refractivity contribution in [2.75, 3.05) is 31.3 Å². The summed E-state index contributed by atoms with van der Waals surface area (Å²) < 4.78 is 52.8. The number of ether oxygens (including phenoxy) is 2. The lowest BCUT2D eigenvalue weighted by Crippen LogP contribution is -2.29. The van der Waals surface area contributed by atoms with Crippen LogP contribution in [0.4, 0.5) is 24.8 Å². The average molecular weight is 535 g/mol. The Labute approximate surface area is 214 Å². The van der Waals surface area contributed by atoms with Crippen LogP contribution < -0.4 is 15.3 Å². The highest BCUT2D eigenvalue weighted by molar-refractivity contribution is 6.33. The highest BCUT2D eigenvalue weighted by Gasteiger charge is 2.62. The molecule has 1 saturated carbocycles. The molecule has 0 atom stereocenters. The molecule has 8 nitrogen and oxygen atoms in total. The van der Waals surface area contributed by atoms with Crippen LogP contribution >= 0.6 is 11.6 Å². The lowest BCUT2D eigenvalue weighted by molar-refractivity contribution is -0.168. The van der Waals surface area contributed by atoms with Gasteiger partial charge >= 0.3 is 11.9 Å². The minimum Gasteiger partial charge on any atom is -0.490 e. The van der Waals surface area contributed by atoms with Gasteiger partial charge in [0.2, 0.25) is 0 Å². The summed E-state index contributed by atoms with van der Waals surface area (Å²) in [5.74, 6) is 6.10. The maximum absolute atomic E-state index is 13.4. The molecule has 2 aromatic heterocycles. The molecule has 1 N–H and O–H groups in total. The predicted octanol–water partition coefficient (Wildman–Crippen LogP) is 3.72. The van der Waals surface area contributed by atoms with Gasteiger partial charge in [0.25, 0.3) is 0 Å². The fourth-order valence-corrected chi connectivity index (χ4v) is 4.43. The van der Waals surface area contributed by atoms with Crippen molar-refractivity contribution in [2.45, 2.75) is 25.6 Å². The molecular formula is C25H22ClF3N4O4. The van der Waals surface area contributed by atoms with Gasteiger partial charge in [-0.3, -0.25) is 4.57 Å². The van der Waals surface area contributed by atoms with Crippen LogP contribution in [0.3, 0.4) is 0 Å². The number of fused-ring (bicyclic) bond motifs is 2. The summed E-state index contributed by atoms with van der Waals surface area (Å²) in [6.45, 7) is 0.432. The van der Waals surface area contributed by atoms with E-state index in [9.17, 15) is 18.0 Å². The van der Waals surface area contributed by atoms with Gasteiger partial charge in [0, 0.05) is 42.4 Å². The first-order chi connectivity index (χ1) is 17.6. The topological polar surface area (TPSA) is 89.7 Å². The number of hydrogen-bond acceptors (Lipinski definition) is 7. The third kappa shape index (κ3) is 4.61. The quantitative estimate of drug-likeness (QED) is 0.510. The summed E-state index contributed by atoms with van der Waals surface area (Å²) in [6.07, 6.45) is -2.97. The highest BCUT2D eigenvalue weighted by atomic mass is 35.5. The minimum absolute atomic E-state index is 0.0205. The van der Waals surface area contributed by atoms with E-state index in [1.807, 2.05) is 0 Å². The van der Waals surface area contributed by atoms with E-state index in [1.165, 1.54) is 10.8 Å². The minimum atomic E-state index is -4.39. The van der Waals surface area contributed by atoms with E-state index in [4.69, 9.17) is 26.2 Å². The first-order valence-corrected chi connectivity index (χ1v) is 11.9. The smallest absolute Gasteiger partial charge is 0.405 e. The highest BCUT2D eigenvalue weighted by Crippen LogP contribution is 2.57. The zero-order chi connectivity index (χ0) is 26.4. The van der Waals surface area contributed by atoms with Gasteiger partial charge in [0.15, 0.2) is 0 Å². The number of alkyl halides is 3. The lowest BCUT2D eigenvalue weighted by atomic mass is 10.0. The molecule has 0 bridgehead atoms. The number of anilines is 2. The average Bonchev–Trinajstić information content (AvgIpc) is 3.68. The molecule has 0 radical (unpaired) electrons. The molecule has 1 fully saturated rings. The van der Waals surface area contributed by atoms with Crippen molar-refractivity contribution in [3.8, 4) is 17.6 Å². The normalized spacial score (nSPS) is 16.5. The Bertz CT molecular complexity index is 1490. The zero-order valence-corrected chi connectivity index (χ0v) is 20.5. The number of aromatic nitrogens is 3. The molecule has 194 valence electrons.